The van der Waals surface area contributed by atoms with Gasteiger partial charge in [0.2, 0.25) is 0 Å². The summed E-state index contributed by atoms with van der Waals surface area (Å²) in [5.74, 6) is 0.232. The highest BCUT2D eigenvalue weighted by molar-refractivity contribution is 5.90. The van der Waals surface area contributed by atoms with Crippen molar-refractivity contribution in [2.75, 3.05) is 5.32 Å². The predicted molar refractivity (Wildman–Crippen MR) is 78.9 cm³/mol. The molecule has 0 spiro atoms. The van der Waals surface area contributed by atoms with E-state index >= 15 is 0 Å². The molecule has 1 aliphatic heterocycles. The number of rotatable bonds is 4. The second-order valence-corrected chi connectivity index (χ2v) is 5.29. The molecule has 3 rings (SSSR count). The zero-order valence-electron chi connectivity index (χ0n) is 11.9. The first-order valence-electron chi connectivity index (χ1n) is 7.08. The molecule has 104 valence electrons. The van der Waals surface area contributed by atoms with Crippen molar-refractivity contribution in [1.29, 1.82) is 0 Å². The number of para-hydroxylation sites is 1. The van der Waals surface area contributed by atoms with Crippen LogP contribution < -0.4 is 5.32 Å². The average Bonchev–Trinajstić information content (AvgIpc) is 3.01. The molecule has 0 saturated heterocycles. The van der Waals surface area contributed by atoms with E-state index in [-0.39, 0.29) is 11.8 Å². The summed E-state index contributed by atoms with van der Waals surface area (Å²) in [5.41, 5.74) is 4.29. The molecule has 0 amide bonds. The van der Waals surface area contributed by atoms with E-state index in [1.807, 2.05) is 42.8 Å². The summed E-state index contributed by atoms with van der Waals surface area (Å²) >= 11 is 0. The maximum absolute atomic E-state index is 12.5. The normalized spacial score (nSPS) is 16.8. The second-order valence-electron chi connectivity index (χ2n) is 5.29. The number of hydrogen-bond donors (Lipinski definition) is 1. The first-order chi connectivity index (χ1) is 9.67. The summed E-state index contributed by atoms with van der Waals surface area (Å²) < 4.78 is 1.91. The number of carbonyl (C=O) groups excluding carboxylic acids is 1. The first-order valence-corrected chi connectivity index (χ1v) is 7.08. The minimum atomic E-state index is -0.104. The standard InChI is InChI=1S/C16H19N3O/c1-3-19-13(8-11(2)18-19)10-16(20)15-9-12-6-4-5-7-14(12)17-15/h4-8,15,17H,3,9-10H2,1-2H3. The Morgan fingerprint density at radius 1 is 1.45 bits per heavy atom. The number of aryl methyl sites for hydroxylation is 2. The van der Waals surface area contributed by atoms with Crippen molar-refractivity contribution in [3.8, 4) is 0 Å². The van der Waals surface area contributed by atoms with Crippen LogP contribution in [-0.4, -0.2) is 21.6 Å². The van der Waals surface area contributed by atoms with Gasteiger partial charge in [0.25, 0.3) is 0 Å². The van der Waals surface area contributed by atoms with Gasteiger partial charge in [-0.05, 0) is 31.5 Å². The summed E-state index contributed by atoms with van der Waals surface area (Å²) in [6, 6.07) is 10.0. The molecular weight excluding hydrogens is 250 g/mol. The maximum Gasteiger partial charge on any atom is 0.161 e. The lowest BCUT2D eigenvalue weighted by Gasteiger charge is -2.10. The van der Waals surface area contributed by atoms with Crippen LogP contribution in [0.15, 0.2) is 30.3 Å². The molecule has 1 aliphatic rings. The summed E-state index contributed by atoms with van der Waals surface area (Å²) in [7, 11) is 0. The van der Waals surface area contributed by atoms with E-state index in [0.29, 0.717) is 6.42 Å². The van der Waals surface area contributed by atoms with Crippen LogP contribution in [0.3, 0.4) is 0 Å². The van der Waals surface area contributed by atoms with Crippen LogP contribution in [0.1, 0.15) is 23.9 Å². The van der Waals surface area contributed by atoms with Crippen LogP contribution in [-0.2, 0) is 24.2 Å². The molecule has 20 heavy (non-hydrogen) atoms. The van der Waals surface area contributed by atoms with Gasteiger partial charge in [0.05, 0.1) is 18.2 Å². The number of benzene rings is 1. The number of nitrogens with zero attached hydrogens (tertiary/aromatic N) is 2. The number of aromatic nitrogens is 2. The van der Waals surface area contributed by atoms with Gasteiger partial charge in [-0.25, -0.2) is 0 Å². The molecule has 0 saturated carbocycles. The summed E-state index contributed by atoms with van der Waals surface area (Å²) in [5, 5.41) is 7.71. The number of ketones is 1. The van der Waals surface area contributed by atoms with Gasteiger partial charge in [-0.15, -0.1) is 0 Å². The third kappa shape index (κ3) is 2.33. The lowest BCUT2D eigenvalue weighted by atomic mass is 10.0. The van der Waals surface area contributed by atoms with Crippen LogP contribution in [0.25, 0.3) is 0 Å². The van der Waals surface area contributed by atoms with Gasteiger partial charge in [-0.1, -0.05) is 18.2 Å². The van der Waals surface area contributed by atoms with Crippen molar-refractivity contribution in [3.63, 3.8) is 0 Å². The molecule has 0 radical (unpaired) electrons. The van der Waals surface area contributed by atoms with Gasteiger partial charge in [0.1, 0.15) is 0 Å². The number of Topliss-reactive ketones (excluding diaryl/α,β-unsaturated/α-hetero) is 1. The molecule has 1 N–H and O–H groups in total. The monoisotopic (exact) mass is 269 g/mol. The maximum atomic E-state index is 12.5. The van der Waals surface area contributed by atoms with Crippen molar-refractivity contribution < 1.29 is 4.79 Å². The minimum Gasteiger partial charge on any atom is -0.375 e. The highest BCUT2D eigenvalue weighted by Gasteiger charge is 2.26. The Hall–Kier alpha value is -2.10. The smallest absolute Gasteiger partial charge is 0.161 e. The molecule has 1 unspecified atom stereocenters. The summed E-state index contributed by atoms with van der Waals surface area (Å²) in [6.07, 6.45) is 1.23. The molecule has 1 aromatic heterocycles. The average molecular weight is 269 g/mol. The largest absolute Gasteiger partial charge is 0.375 e. The molecule has 2 aromatic rings. The van der Waals surface area contributed by atoms with E-state index in [1.54, 1.807) is 0 Å². The van der Waals surface area contributed by atoms with E-state index in [0.717, 1.165) is 30.0 Å². The lowest BCUT2D eigenvalue weighted by molar-refractivity contribution is -0.119. The topological polar surface area (TPSA) is 46.9 Å². The Labute approximate surface area is 118 Å². The summed E-state index contributed by atoms with van der Waals surface area (Å²) in [6.45, 7) is 4.81. The number of fused-ring (bicyclic) bond motifs is 1. The Morgan fingerprint density at radius 3 is 3.00 bits per heavy atom. The number of nitrogens with one attached hydrogen (secondary N) is 1. The fourth-order valence-electron chi connectivity index (χ4n) is 2.81. The Balaban J connectivity index is 1.72. The highest BCUT2D eigenvalue weighted by atomic mass is 16.1. The first kappa shape index (κ1) is 12.9. The lowest BCUT2D eigenvalue weighted by Crippen LogP contribution is -2.29. The van der Waals surface area contributed by atoms with E-state index in [2.05, 4.69) is 16.5 Å². The fourth-order valence-corrected chi connectivity index (χ4v) is 2.81. The zero-order valence-corrected chi connectivity index (χ0v) is 11.9. The van der Waals surface area contributed by atoms with Crippen molar-refractivity contribution >= 4 is 11.5 Å². The van der Waals surface area contributed by atoms with Gasteiger partial charge in [0, 0.05) is 24.3 Å². The van der Waals surface area contributed by atoms with Gasteiger partial charge in [-0.3, -0.25) is 9.48 Å². The van der Waals surface area contributed by atoms with Crippen LogP contribution >= 0.6 is 0 Å². The highest BCUT2D eigenvalue weighted by Crippen LogP contribution is 2.26. The Morgan fingerprint density at radius 2 is 2.25 bits per heavy atom. The third-order valence-electron chi connectivity index (χ3n) is 3.80. The van der Waals surface area contributed by atoms with Crippen molar-refractivity contribution in [1.82, 2.24) is 9.78 Å². The summed E-state index contributed by atoms with van der Waals surface area (Å²) in [4.78, 5) is 12.5. The van der Waals surface area contributed by atoms with Crippen LogP contribution in [0.4, 0.5) is 5.69 Å². The van der Waals surface area contributed by atoms with Crippen LogP contribution in [0.2, 0.25) is 0 Å². The third-order valence-corrected chi connectivity index (χ3v) is 3.80. The molecule has 1 atom stereocenters. The SMILES string of the molecule is CCn1nc(C)cc1CC(=O)C1Cc2ccccc2N1. The van der Waals surface area contributed by atoms with Gasteiger partial charge >= 0.3 is 0 Å². The molecule has 0 bridgehead atoms. The van der Waals surface area contributed by atoms with Crippen molar-refractivity contribution in [3.05, 3.63) is 47.3 Å². The van der Waals surface area contributed by atoms with Crippen LogP contribution in [0.5, 0.6) is 0 Å². The molecule has 0 aliphatic carbocycles. The quantitative estimate of drug-likeness (QED) is 0.927. The molecule has 0 fully saturated rings. The van der Waals surface area contributed by atoms with Gasteiger partial charge < -0.3 is 5.32 Å². The minimum absolute atomic E-state index is 0.104. The van der Waals surface area contributed by atoms with Crippen LogP contribution in [0, 0.1) is 6.92 Å². The van der Waals surface area contributed by atoms with Crippen molar-refractivity contribution in [2.45, 2.75) is 39.3 Å². The fraction of sp³-hybridized carbons (Fsp3) is 0.375. The number of carbonyl (C=O) groups is 1. The molecule has 2 heterocycles. The van der Waals surface area contributed by atoms with Gasteiger partial charge in [0.15, 0.2) is 5.78 Å². The molecule has 4 nitrogen and oxygen atoms in total. The number of hydrogen-bond acceptors (Lipinski definition) is 3. The van der Waals surface area contributed by atoms with E-state index in [1.165, 1.54) is 5.56 Å². The molecule has 4 heteroatoms. The van der Waals surface area contributed by atoms with E-state index in [4.69, 9.17) is 0 Å². The van der Waals surface area contributed by atoms with E-state index < -0.39 is 0 Å². The zero-order chi connectivity index (χ0) is 14.1. The molecular formula is C16H19N3O. The Bertz CT molecular complexity index is 620. The predicted octanol–water partition coefficient (Wildman–Crippen LogP) is 2.36. The Kier molecular flexibility index (Phi) is 3.30. The van der Waals surface area contributed by atoms with Gasteiger partial charge in [-0.2, -0.15) is 5.10 Å². The second kappa shape index (κ2) is 5.12. The van der Waals surface area contributed by atoms with E-state index in [9.17, 15) is 4.79 Å². The number of anilines is 1. The molecule has 1 aromatic carbocycles. The van der Waals surface area contributed by atoms with Crippen molar-refractivity contribution in [2.24, 2.45) is 0 Å².